The summed E-state index contributed by atoms with van der Waals surface area (Å²) in [5.74, 6) is -0.539. The molecule has 1 N–H and O–H groups in total. The summed E-state index contributed by atoms with van der Waals surface area (Å²) in [5, 5.41) is 14.8. The largest absolute Gasteiger partial charge is 0.382 e. The molecule has 6 heteroatoms. The van der Waals surface area contributed by atoms with Crippen molar-refractivity contribution in [3.8, 4) is 0 Å². The Balaban J connectivity index is 2.56. The molecule has 19 heavy (non-hydrogen) atoms. The van der Waals surface area contributed by atoms with E-state index in [0.717, 1.165) is 0 Å². The second-order valence-corrected chi connectivity index (χ2v) is 5.72. The van der Waals surface area contributed by atoms with Crippen LogP contribution < -0.4 is 0 Å². The molecule has 0 spiro atoms. The molecule has 1 aromatic heterocycles. The highest BCUT2D eigenvalue weighted by molar-refractivity contribution is 9.10. The average Bonchev–Trinajstić information content (AvgIpc) is 2.70. The lowest BCUT2D eigenvalue weighted by atomic mass is 10.1. The highest BCUT2D eigenvalue weighted by Gasteiger charge is 2.25. The van der Waals surface area contributed by atoms with Gasteiger partial charge in [0.15, 0.2) is 0 Å². The summed E-state index contributed by atoms with van der Waals surface area (Å²) < 4.78 is 16.1. The lowest BCUT2D eigenvalue weighted by molar-refractivity contribution is 0.199. The first-order valence-corrected chi connectivity index (χ1v) is 6.95. The van der Waals surface area contributed by atoms with Crippen molar-refractivity contribution in [2.75, 3.05) is 0 Å². The van der Waals surface area contributed by atoms with Crippen LogP contribution in [0.5, 0.6) is 0 Å². The van der Waals surface area contributed by atoms with Crippen LogP contribution in [0.25, 0.3) is 0 Å². The van der Waals surface area contributed by atoms with E-state index in [1.54, 1.807) is 16.9 Å². The van der Waals surface area contributed by atoms with E-state index in [1.807, 2.05) is 13.8 Å². The molecule has 0 saturated carbocycles. The van der Waals surface area contributed by atoms with Crippen LogP contribution in [-0.2, 0) is 0 Å². The van der Waals surface area contributed by atoms with Gasteiger partial charge in [-0.3, -0.25) is 4.68 Å². The predicted molar refractivity (Wildman–Crippen MR) is 75.8 cm³/mol. The first-order valence-electron chi connectivity index (χ1n) is 5.78. The third-order valence-electron chi connectivity index (χ3n) is 2.81. The smallest absolute Gasteiger partial charge is 0.130 e. The van der Waals surface area contributed by atoms with Crippen LogP contribution >= 0.6 is 27.5 Å². The van der Waals surface area contributed by atoms with Gasteiger partial charge < -0.3 is 5.11 Å². The Morgan fingerprint density at radius 2 is 2.11 bits per heavy atom. The summed E-state index contributed by atoms with van der Waals surface area (Å²) in [5.41, 5.74) is 0.550. The number of rotatable bonds is 3. The van der Waals surface area contributed by atoms with Gasteiger partial charge in [-0.05, 0) is 41.9 Å². The zero-order valence-electron chi connectivity index (χ0n) is 10.4. The number of benzene rings is 1. The Bertz CT molecular complexity index is 580. The molecule has 1 heterocycles. The third-order valence-corrected chi connectivity index (χ3v) is 3.75. The molecular weight excluding hydrogens is 335 g/mol. The molecule has 1 unspecified atom stereocenters. The summed E-state index contributed by atoms with van der Waals surface area (Å²) in [6, 6.07) is 4.37. The minimum Gasteiger partial charge on any atom is -0.382 e. The van der Waals surface area contributed by atoms with Crippen LogP contribution in [0, 0.1) is 5.82 Å². The van der Waals surface area contributed by atoms with Crippen LogP contribution in [0.1, 0.15) is 37.3 Å². The van der Waals surface area contributed by atoms with E-state index in [0.29, 0.717) is 10.2 Å². The number of halogens is 3. The van der Waals surface area contributed by atoms with Crippen molar-refractivity contribution < 1.29 is 9.50 Å². The summed E-state index contributed by atoms with van der Waals surface area (Å²) in [7, 11) is 0. The molecule has 3 nitrogen and oxygen atoms in total. The van der Waals surface area contributed by atoms with Gasteiger partial charge in [-0.15, -0.1) is 0 Å². The molecule has 2 aromatic rings. The van der Waals surface area contributed by atoms with Crippen molar-refractivity contribution in [2.45, 2.75) is 26.0 Å². The second-order valence-electron chi connectivity index (χ2n) is 4.45. The molecular formula is C13H13BrClFN2O. The summed E-state index contributed by atoms with van der Waals surface area (Å²) >= 11 is 9.30. The Morgan fingerprint density at radius 1 is 1.42 bits per heavy atom. The van der Waals surface area contributed by atoms with Crippen LogP contribution in [0.4, 0.5) is 4.39 Å². The van der Waals surface area contributed by atoms with Crippen molar-refractivity contribution in [1.29, 1.82) is 0 Å². The van der Waals surface area contributed by atoms with Gasteiger partial charge in [-0.2, -0.15) is 5.10 Å². The molecule has 0 radical (unpaired) electrons. The Hall–Kier alpha value is -0.910. The van der Waals surface area contributed by atoms with Crippen LogP contribution in [-0.4, -0.2) is 14.9 Å². The lowest BCUT2D eigenvalue weighted by Gasteiger charge is -2.18. The van der Waals surface area contributed by atoms with E-state index in [2.05, 4.69) is 21.0 Å². The maximum Gasteiger partial charge on any atom is 0.130 e. The maximum atomic E-state index is 13.9. The van der Waals surface area contributed by atoms with E-state index in [-0.39, 0.29) is 16.6 Å². The van der Waals surface area contributed by atoms with Gasteiger partial charge in [0.2, 0.25) is 0 Å². The molecule has 102 valence electrons. The predicted octanol–water partition coefficient (Wildman–Crippen LogP) is 4.10. The highest BCUT2D eigenvalue weighted by Crippen LogP contribution is 2.34. The number of aliphatic hydroxyl groups excluding tert-OH is 1. The SMILES string of the molecule is CC(C)n1ncc(Br)c1C(O)c1c(F)cccc1Cl. The molecule has 0 amide bonds. The third kappa shape index (κ3) is 2.68. The van der Waals surface area contributed by atoms with E-state index in [4.69, 9.17) is 11.6 Å². The van der Waals surface area contributed by atoms with E-state index >= 15 is 0 Å². The molecule has 0 aliphatic heterocycles. The number of hydrogen-bond donors (Lipinski definition) is 1. The zero-order valence-corrected chi connectivity index (χ0v) is 12.8. The van der Waals surface area contributed by atoms with E-state index < -0.39 is 11.9 Å². The molecule has 1 aromatic carbocycles. The van der Waals surface area contributed by atoms with Crippen molar-refractivity contribution in [2.24, 2.45) is 0 Å². The molecule has 0 saturated heterocycles. The quantitative estimate of drug-likeness (QED) is 0.907. The van der Waals surface area contributed by atoms with Crippen LogP contribution in [0.15, 0.2) is 28.9 Å². The van der Waals surface area contributed by atoms with Gasteiger partial charge in [0.1, 0.15) is 11.9 Å². The zero-order chi connectivity index (χ0) is 14.2. The number of nitrogens with zero attached hydrogens (tertiary/aromatic N) is 2. The fourth-order valence-electron chi connectivity index (χ4n) is 1.93. The lowest BCUT2D eigenvalue weighted by Crippen LogP contribution is -2.14. The molecule has 1 atom stereocenters. The normalized spacial score (nSPS) is 13.0. The van der Waals surface area contributed by atoms with E-state index in [9.17, 15) is 9.50 Å². The fourth-order valence-corrected chi connectivity index (χ4v) is 2.68. The monoisotopic (exact) mass is 346 g/mol. The number of aromatic nitrogens is 2. The van der Waals surface area contributed by atoms with Crippen molar-refractivity contribution >= 4 is 27.5 Å². The minimum absolute atomic E-state index is 0.0431. The number of aliphatic hydroxyl groups is 1. The van der Waals surface area contributed by atoms with Gasteiger partial charge in [-0.25, -0.2) is 4.39 Å². The first-order chi connectivity index (χ1) is 8.93. The Kier molecular flexibility index (Phi) is 4.28. The first kappa shape index (κ1) is 14.5. The van der Waals surface area contributed by atoms with Crippen LogP contribution in [0.2, 0.25) is 5.02 Å². The molecule has 0 aliphatic rings. The standard InChI is InChI=1S/C13H13BrClFN2O/c1-7(2)18-12(8(14)6-17-18)13(19)11-9(15)4-3-5-10(11)16/h3-7,13,19H,1-2H3. The Morgan fingerprint density at radius 3 is 2.68 bits per heavy atom. The Labute approximate surface area is 124 Å². The summed E-state index contributed by atoms with van der Waals surface area (Å²) in [6.45, 7) is 3.86. The molecule has 0 fully saturated rings. The maximum absolute atomic E-state index is 13.9. The van der Waals surface area contributed by atoms with Gasteiger partial charge in [-0.1, -0.05) is 17.7 Å². The minimum atomic E-state index is -1.17. The van der Waals surface area contributed by atoms with Crippen LogP contribution in [0.3, 0.4) is 0 Å². The average molecular weight is 348 g/mol. The van der Waals surface area contributed by atoms with Gasteiger partial charge >= 0.3 is 0 Å². The summed E-state index contributed by atoms with van der Waals surface area (Å²) in [6.07, 6.45) is 0.404. The van der Waals surface area contributed by atoms with E-state index in [1.165, 1.54) is 12.1 Å². The number of hydrogen-bond acceptors (Lipinski definition) is 2. The summed E-state index contributed by atoms with van der Waals surface area (Å²) in [4.78, 5) is 0. The topological polar surface area (TPSA) is 38.0 Å². The molecule has 0 aliphatic carbocycles. The van der Waals surface area contributed by atoms with Gasteiger partial charge in [0.05, 0.1) is 16.4 Å². The van der Waals surface area contributed by atoms with Crippen molar-refractivity contribution in [1.82, 2.24) is 9.78 Å². The highest BCUT2D eigenvalue weighted by atomic mass is 79.9. The molecule has 2 rings (SSSR count). The fraction of sp³-hybridized carbons (Fsp3) is 0.308. The van der Waals surface area contributed by atoms with Gasteiger partial charge in [0.25, 0.3) is 0 Å². The van der Waals surface area contributed by atoms with Crippen molar-refractivity contribution in [3.05, 3.63) is 51.0 Å². The molecule has 0 bridgehead atoms. The second kappa shape index (κ2) is 5.61. The van der Waals surface area contributed by atoms with Crippen molar-refractivity contribution in [3.63, 3.8) is 0 Å². The van der Waals surface area contributed by atoms with Gasteiger partial charge in [0, 0.05) is 16.6 Å².